The van der Waals surface area contributed by atoms with Crippen LogP contribution in [-0.4, -0.2) is 29.6 Å². The molecule has 0 spiro atoms. The Morgan fingerprint density at radius 2 is 1.95 bits per heavy atom. The summed E-state index contributed by atoms with van der Waals surface area (Å²) in [6.07, 6.45) is 4.94. The molecule has 1 atom stereocenters. The molecule has 1 aliphatic heterocycles. The highest BCUT2D eigenvalue weighted by Gasteiger charge is 2.36. The number of halogens is 1. The fourth-order valence-corrected chi connectivity index (χ4v) is 3.82. The molecule has 118 valence electrons. The molecule has 1 aromatic carbocycles. The molecule has 0 amide bonds. The van der Waals surface area contributed by atoms with Gasteiger partial charge in [-0.25, -0.2) is 0 Å². The molecule has 1 aliphatic rings. The summed E-state index contributed by atoms with van der Waals surface area (Å²) in [4.78, 5) is 2.70. The Morgan fingerprint density at radius 3 is 2.57 bits per heavy atom. The van der Waals surface area contributed by atoms with E-state index in [-0.39, 0.29) is 0 Å². The maximum absolute atomic E-state index is 3.84. The third-order valence-electron chi connectivity index (χ3n) is 5.04. The molecule has 2 rings (SSSR count). The molecule has 1 heterocycles. The van der Waals surface area contributed by atoms with Crippen LogP contribution in [-0.2, 0) is 6.54 Å². The van der Waals surface area contributed by atoms with Crippen molar-refractivity contribution < 1.29 is 0 Å². The average Bonchev–Trinajstić information content (AvgIpc) is 2.51. The zero-order valence-electron chi connectivity index (χ0n) is 13.7. The van der Waals surface area contributed by atoms with Gasteiger partial charge in [-0.2, -0.15) is 0 Å². The Hall–Kier alpha value is -0.380. The lowest BCUT2D eigenvalue weighted by atomic mass is 9.87. The topological polar surface area (TPSA) is 15.3 Å². The van der Waals surface area contributed by atoms with Crippen molar-refractivity contribution >= 4 is 15.9 Å². The summed E-state index contributed by atoms with van der Waals surface area (Å²) >= 11 is 3.70. The molecule has 21 heavy (non-hydrogen) atoms. The second kappa shape index (κ2) is 7.75. The third-order valence-corrected chi connectivity index (χ3v) is 5.82. The van der Waals surface area contributed by atoms with Crippen molar-refractivity contribution in [1.29, 1.82) is 0 Å². The van der Waals surface area contributed by atoms with Crippen molar-refractivity contribution in [3.63, 3.8) is 0 Å². The van der Waals surface area contributed by atoms with Gasteiger partial charge in [-0.1, -0.05) is 61.3 Å². The van der Waals surface area contributed by atoms with Crippen LogP contribution in [0, 0.1) is 0 Å². The lowest BCUT2D eigenvalue weighted by Gasteiger charge is -2.47. The monoisotopic (exact) mass is 352 g/mol. The van der Waals surface area contributed by atoms with Gasteiger partial charge in [-0.3, -0.25) is 4.90 Å². The number of hydrogen-bond donors (Lipinski definition) is 1. The first-order valence-corrected chi connectivity index (χ1v) is 9.16. The van der Waals surface area contributed by atoms with E-state index in [1.807, 2.05) is 0 Å². The Labute approximate surface area is 138 Å². The SMILES string of the molecule is CCCC1CNC(CC)(CC)CN1Cc1ccccc1Br. The van der Waals surface area contributed by atoms with E-state index < -0.39 is 0 Å². The van der Waals surface area contributed by atoms with Crippen LogP contribution in [0.5, 0.6) is 0 Å². The van der Waals surface area contributed by atoms with E-state index in [9.17, 15) is 0 Å². The Kier molecular flexibility index (Phi) is 6.27. The van der Waals surface area contributed by atoms with Gasteiger partial charge in [0.1, 0.15) is 0 Å². The largest absolute Gasteiger partial charge is 0.308 e. The molecular formula is C18H29BrN2. The quantitative estimate of drug-likeness (QED) is 0.805. The van der Waals surface area contributed by atoms with Gasteiger partial charge in [-0.15, -0.1) is 0 Å². The first kappa shape index (κ1) is 17.0. The Bertz CT molecular complexity index is 443. The molecule has 0 bridgehead atoms. The number of hydrogen-bond acceptors (Lipinski definition) is 2. The highest BCUT2D eigenvalue weighted by molar-refractivity contribution is 9.10. The van der Waals surface area contributed by atoms with Crippen LogP contribution < -0.4 is 5.32 Å². The maximum Gasteiger partial charge on any atom is 0.0304 e. The molecule has 0 aliphatic carbocycles. The van der Waals surface area contributed by atoms with E-state index in [1.54, 1.807) is 0 Å². The van der Waals surface area contributed by atoms with Gasteiger partial charge in [-0.05, 0) is 30.9 Å². The molecule has 0 saturated carbocycles. The van der Waals surface area contributed by atoms with E-state index in [0.717, 1.165) is 19.6 Å². The van der Waals surface area contributed by atoms with Crippen molar-refractivity contribution in [3.05, 3.63) is 34.3 Å². The molecule has 1 unspecified atom stereocenters. The standard InChI is InChI=1S/C18H29BrN2/c1-4-9-16-12-20-18(5-2,6-3)14-21(16)13-15-10-7-8-11-17(15)19/h7-8,10-11,16,20H,4-6,9,12-14H2,1-3H3. The van der Waals surface area contributed by atoms with E-state index in [2.05, 4.69) is 71.2 Å². The van der Waals surface area contributed by atoms with Gasteiger partial charge in [0.15, 0.2) is 0 Å². The van der Waals surface area contributed by atoms with E-state index >= 15 is 0 Å². The smallest absolute Gasteiger partial charge is 0.0304 e. The molecule has 3 heteroatoms. The average molecular weight is 353 g/mol. The normalized spacial score (nSPS) is 22.4. The van der Waals surface area contributed by atoms with E-state index in [1.165, 1.54) is 35.7 Å². The Morgan fingerprint density at radius 1 is 1.24 bits per heavy atom. The summed E-state index contributed by atoms with van der Waals surface area (Å²) in [5, 5.41) is 3.84. The van der Waals surface area contributed by atoms with Crippen molar-refractivity contribution in [2.75, 3.05) is 13.1 Å². The minimum atomic E-state index is 0.297. The maximum atomic E-state index is 3.84. The number of rotatable bonds is 6. The summed E-state index contributed by atoms with van der Waals surface area (Å²) in [6.45, 7) is 10.3. The van der Waals surface area contributed by atoms with E-state index in [0.29, 0.717) is 11.6 Å². The summed E-state index contributed by atoms with van der Waals surface area (Å²) in [5.41, 5.74) is 1.70. The van der Waals surface area contributed by atoms with Crippen LogP contribution in [0.25, 0.3) is 0 Å². The molecule has 2 nitrogen and oxygen atoms in total. The van der Waals surface area contributed by atoms with Crippen molar-refractivity contribution in [2.45, 2.75) is 64.6 Å². The lowest BCUT2D eigenvalue weighted by molar-refractivity contribution is 0.0615. The fourth-order valence-electron chi connectivity index (χ4n) is 3.41. The van der Waals surface area contributed by atoms with Crippen LogP contribution in [0.15, 0.2) is 28.7 Å². The second-order valence-corrected chi connectivity index (χ2v) is 7.16. The van der Waals surface area contributed by atoms with Crippen LogP contribution in [0.3, 0.4) is 0 Å². The fraction of sp³-hybridized carbons (Fsp3) is 0.667. The zero-order valence-corrected chi connectivity index (χ0v) is 15.2. The molecule has 0 radical (unpaired) electrons. The number of benzene rings is 1. The highest BCUT2D eigenvalue weighted by Crippen LogP contribution is 2.27. The summed E-state index contributed by atoms with van der Waals surface area (Å²) in [7, 11) is 0. The van der Waals surface area contributed by atoms with Crippen molar-refractivity contribution in [2.24, 2.45) is 0 Å². The third kappa shape index (κ3) is 4.08. The molecule has 1 fully saturated rings. The van der Waals surface area contributed by atoms with E-state index in [4.69, 9.17) is 0 Å². The van der Waals surface area contributed by atoms with Gasteiger partial charge in [0.2, 0.25) is 0 Å². The van der Waals surface area contributed by atoms with Crippen LogP contribution >= 0.6 is 15.9 Å². The summed E-state index contributed by atoms with van der Waals surface area (Å²) < 4.78 is 1.23. The molecule has 0 aromatic heterocycles. The minimum absolute atomic E-state index is 0.297. The van der Waals surface area contributed by atoms with Crippen molar-refractivity contribution in [1.82, 2.24) is 10.2 Å². The van der Waals surface area contributed by atoms with Gasteiger partial charge < -0.3 is 5.32 Å². The summed E-state index contributed by atoms with van der Waals surface area (Å²) in [5.74, 6) is 0. The van der Waals surface area contributed by atoms with Gasteiger partial charge in [0, 0.05) is 35.7 Å². The predicted molar refractivity (Wildman–Crippen MR) is 94.6 cm³/mol. The molecular weight excluding hydrogens is 324 g/mol. The Balaban J connectivity index is 2.16. The lowest BCUT2D eigenvalue weighted by Crippen LogP contribution is -2.63. The summed E-state index contributed by atoms with van der Waals surface area (Å²) in [6, 6.07) is 9.29. The highest BCUT2D eigenvalue weighted by atomic mass is 79.9. The predicted octanol–water partition coefficient (Wildman–Crippen LogP) is 4.58. The van der Waals surface area contributed by atoms with Gasteiger partial charge in [0.05, 0.1) is 0 Å². The number of nitrogens with one attached hydrogen (secondary N) is 1. The number of piperazine rings is 1. The first-order valence-electron chi connectivity index (χ1n) is 8.36. The van der Waals surface area contributed by atoms with Crippen LogP contribution in [0.1, 0.15) is 52.0 Å². The molecule has 1 aromatic rings. The minimum Gasteiger partial charge on any atom is -0.308 e. The van der Waals surface area contributed by atoms with Crippen molar-refractivity contribution in [3.8, 4) is 0 Å². The second-order valence-electron chi connectivity index (χ2n) is 6.31. The van der Waals surface area contributed by atoms with Gasteiger partial charge >= 0.3 is 0 Å². The van der Waals surface area contributed by atoms with Gasteiger partial charge in [0.25, 0.3) is 0 Å². The zero-order chi connectivity index (χ0) is 15.3. The number of nitrogens with zero attached hydrogens (tertiary/aromatic N) is 1. The first-order chi connectivity index (χ1) is 10.1. The molecule has 1 N–H and O–H groups in total. The molecule has 1 saturated heterocycles. The van der Waals surface area contributed by atoms with Crippen LogP contribution in [0.4, 0.5) is 0 Å². The van der Waals surface area contributed by atoms with Crippen LogP contribution in [0.2, 0.25) is 0 Å².